The second kappa shape index (κ2) is 7.65. The Morgan fingerprint density at radius 1 is 1.39 bits per heavy atom. The normalized spacial score (nSPS) is 24.1. The van der Waals surface area contributed by atoms with Gasteiger partial charge in [-0.25, -0.2) is 0 Å². The predicted molar refractivity (Wildman–Crippen MR) is 91.8 cm³/mol. The first-order valence-corrected chi connectivity index (χ1v) is 8.90. The number of carbonyl (C=O) groups is 1. The molecule has 2 N–H and O–H groups in total. The Morgan fingerprint density at radius 2 is 2.22 bits per heavy atom. The monoisotopic (exact) mass is 336 g/mol. The van der Waals surface area contributed by atoms with Gasteiger partial charge in [-0.1, -0.05) is 23.7 Å². The van der Waals surface area contributed by atoms with E-state index in [1.807, 2.05) is 18.2 Å². The third-order valence-corrected chi connectivity index (χ3v) is 5.39. The van der Waals surface area contributed by atoms with Crippen LogP contribution >= 0.6 is 11.6 Å². The molecule has 126 valence electrons. The number of piperidine rings is 1. The van der Waals surface area contributed by atoms with Crippen LogP contribution < -0.4 is 10.6 Å². The molecule has 2 aliphatic rings. The van der Waals surface area contributed by atoms with Crippen LogP contribution in [-0.4, -0.2) is 38.8 Å². The van der Waals surface area contributed by atoms with Crippen LogP contribution in [0.3, 0.4) is 0 Å². The average molecular weight is 337 g/mol. The van der Waals surface area contributed by atoms with Crippen molar-refractivity contribution in [2.45, 2.75) is 31.1 Å². The highest BCUT2D eigenvalue weighted by Gasteiger charge is 2.35. The van der Waals surface area contributed by atoms with Crippen molar-refractivity contribution in [3.8, 4) is 0 Å². The largest absolute Gasteiger partial charge is 0.381 e. The Morgan fingerprint density at radius 3 is 2.91 bits per heavy atom. The second-order valence-electron chi connectivity index (χ2n) is 6.66. The van der Waals surface area contributed by atoms with Crippen LogP contribution in [0.25, 0.3) is 0 Å². The summed E-state index contributed by atoms with van der Waals surface area (Å²) in [7, 11) is 0. The van der Waals surface area contributed by atoms with Gasteiger partial charge >= 0.3 is 0 Å². The standard InChI is InChI=1S/C18H25ClN2O2/c19-16-5-1-4-15(11-16)18(6-9-23-10-7-18)13-21-17(22)14-3-2-8-20-12-14/h1,4-5,11,14,20H,2-3,6-10,12-13H2,(H,21,22). The average Bonchev–Trinajstić information content (AvgIpc) is 2.61. The Labute approximate surface area is 142 Å². The fourth-order valence-corrected chi connectivity index (χ4v) is 3.81. The highest BCUT2D eigenvalue weighted by Crippen LogP contribution is 2.35. The number of ether oxygens (including phenoxy) is 1. The van der Waals surface area contributed by atoms with Crippen molar-refractivity contribution in [3.63, 3.8) is 0 Å². The molecule has 0 bridgehead atoms. The van der Waals surface area contributed by atoms with Crippen LogP contribution in [0.5, 0.6) is 0 Å². The van der Waals surface area contributed by atoms with E-state index in [9.17, 15) is 4.79 Å². The van der Waals surface area contributed by atoms with E-state index in [-0.39, 0.29) is 17.2 Å². The third kappa shape index (κ3) is 4.06. The van der Waals surface area contributed by atoms with Gasteiger partial charge in [-0.15, -0.1) is 0 Å². The van der Waals surface area contributed by atoms with E-state index in [4.69, 9.17) is 16.3 Å². The molecule has 1 unspecified atom stereocenters. The van der Waals surface area contributed by atoms with Gasteiger partial charge in [-0.3, -0.25) is 4.79 Å². The molecule has 1 amide bonds. The molecule has 2 fully saturated rings. The number of halogens is 1. The molecule has 0 aromatic heterocycles. The summed E-state index contributed by atoms with van der Waals surface area (Å²) in [5.41, 5.74) is 1.14. The Balaban J connectivity index is 1.70. The van der Waals surface area contributed by atoms with Gasteiger partial charge in [0.1, 0.15) is 0 Å². The molecule has 1 aromatic carbocycles. The molecule has 3 rings (SSSR count). The van der Waals surface area contributed by atoms with Crippen LogP contribution in [0.4, 0.5) is 0 Å². The van der Waals surface area contributed by atoms with E-state index in [1.165, 1.54) is 5.56 Å². The van der Waals surface area contributed by atoms with E-state index in [1.54, 1.807) is 0 Å². The number of nitrogens with one attached hydrogen (secondary N) is 2. The van der Waals surface area contributed by atoms with Gasteiger partial charge < -0.3 is 15.4 Å². The topological polar surface area (TPSA) is 50.4 Å². The Hall–Kier alpha value is -1.10. The summed E-state index contributed by atoms with van der Waals surface area (Å²) in [4.78, 5) is 12.5. The molecule has 1 aromatic rings. The fourth-order valence-electron chi connectivity index (χ4n) is 3.62. The van der Waals surface area contributed by atoms with E-state index < -0.39 is 0 Å². The van der Waals surface area contributed by atoms with Gasteiger partial charge in [0.05, 0.1) is 5.92 Å². The Kier molecular flexibility index (Phi) is 5.57. The summed E-state index contributed by atoms with van der Waals surface area (Å²) in [6.45, 7) is 3.93. The zero-order chi connectivity index (χ0) is 16.1. The van der Waals surface area contributed by atoms with Gasteiger partial charge in [0.2, 0.25) is 5.91 Å². The number of carbonyl (C=O) groups excluding carboxylic acids is 1. The van der Waals surface area contributed by atoms with Crippen molar-refractivity contribution in [2.24, 2.45) is 5.92 Å². The molecule has 4 nitrogen and oxygen atoms in total. The molecule has 23 heavy (non-hydrogen) atoms. The van der Waals surface area contributed by atoms with Crippen molar-refractivity contribution >= 4 is 17.5 Å². The lowest BCUT2D eigenvalue weighted by atomic mass is 9.74. The maximum absolute atomic E-state index is 12.5. The molecule has 0 saturated carbocycles. The van der Waals surface area contributed by atoms with Crippen molar-refractivity contribution < 1.29 is 9.53 Å². The first-order valence-electron chi connectivity index (χ1n) is 8.52. The maximum atomic E-state index is 12.5. The van der Waals surface area contributed by atoms with Crippen LogP contribution in [0.1, 0.15) is 31.2 Å². The quantitative estimate of drug-likeness (QED) is 0.888. The minimum atomic E-state index is -0.0685. The van der Waals surface area contributed by atoms with Crippen molar-refractivity contribution in [1.82, 2.24) is 10.6 Å². The summed E-state index contributed by atoms with van der Waals surface area (Å²) in [5, 5.41) is 7.25. The predicted octanol–water partition coefficient (Wildman–Crippen LogP) is 2.50. The third-order valence-electron chi connectivity index (χ3n) is 5.16. The molecule has 0 radical (unpaired) electrons. The number of amides is 1. The highest BCUT2D eigenvalue weighted by molar-refractivity contribution is 6.30. The number of rotatable bonds is 4. The number of hydrogen-bond acceptors (Lipinski definition) is 3. The summed E-state index contributed by atoms with van der Waals surface area (Å²) in [6, 6.07) is 8.03. The minimum absolute atomic E-state index is 0.0685. The first-order chi connectivity index (χ1) is 11.2. The van der Waals surface area contributed by atoms with Gasteiger partial charge in [-0.05, 0) is 49.9 Å². The molecule has 2 saturated heterocycles. The highest BCUT2D eigenvalue weighted by atomic mass is 35.5. The van der Waals surface area contributed by atoms with Crippen LogP contribution in [-0.2, 0) is 14.9 Å². The molecule has 0 spiro atoms. The van der Waals surface area contributed by atoms with Crippen LogP contribution in [0.2, 0.25) is 5.02 Å². The number of hydrogen-bond donors (Lipinski definition) is 2. The van der Waals surface area contributed by atoms with E-state index >= 15 is 0 Å². The van der Waals surface area contributed by atoms with Gasteiger partial charge in [0.25, 0.3) is 0 Å². The lowest BCUT2D eigenvalue weighted by Crippen LogP contribution is -2.48. The van der Waals surface area contributed by atoms with E-state index in [0.29, 0.717) is 6.54 Å². The second-order valence-corrected chi connectivity index (χ2v) is 7.10. The number of benzene rings is 1. The minimum Gasteiger partial charge on any atom is -0.381 e. The lowest BCUT2D eigenvalue weighted by Gasteiger charge is -2.38. The zero-order valence-corrected chi connectivity index (χ0v) is 14.2. The maximum Gasteiger partial charge on any atom is 0.224 e. The molecule has 0 aliphatic carbocycles. The SMILES string of the molecule is O=C(NCC1(c2cccc(Cl)c2)CCOCC1)C1CCCNC1. The van der Waals surface area contributed by atoms with Crippen LogP contribution in [0, 0.1) is 5.92 Å². The van der Waals surface area contributed by atoms with Crippen molar-refractivity contribution in [2.75, 3.05) is 32.8 Å². The first kappa shape index (κ1) is 16.7. The summed E-state index contributed by atoms with van der Waals surface area (Å²) in [6.07, 6.45) is 3.88. The fraction of sp³-hybridized carbons (Fsp3) is 0.611. The molecule has 2 heterocycles. The zero-order valence-electron chi connectivity index (χ0n) is 13.4. The molecular formula is C18H25ClN2O2. The molecule has 1 atom stereocenters. The van der Waals surface area contributed by atoms with Gasteiger partial charge in [-0.2, -0.15) is 0 Å². The van der Waals surface area contributed by atoms with E-state index in [0.717, 1.165) is 57.0 Å². The molecule has 2 aliphatic heterocycles. The smallest absolute Gasteiger partial charge is 0.224 e. The Bertz CT molecular complexity index is 538. The summed E-state index contributed by atoms with van der Waals surface area (Å²) >= 11 is 6.18. The van der Waals surface area contributed by atoms with Gasteiger partial charge in [0.15, 0.2) is 0 Å². The van der Waals surface area contributed by atoms with Crippen LogP contribution in [0.15, 0.2) is 24.3 Å². The summed E-state index contributed by atoms with van der Waals surface area (Å²) < 4.78 is 5.54. The molecular weight excluding hydrogens is 312 g/mol. The molecule has 5 heteroatoms. The van der Waals surface area contributed by atoms with E-state index in [2.05, 4.69) is 16.7 Å². The lowest BCUT2D eigenvalue weighted by molar-refractivity contribution is -0.126. The van der Waals surface area contributed by atoms with Crippen molar-refractivity contribution in [1.29, 1.82) is 0 Å². The van der Waals surface area contributed by atoms with Gasteiger partial charge in [0, 0.05) is 36.7 Å². The van der Waals surface area contributed by atoms with Crippen molar-refractivity contribution in [3.05, 3.63) is 34.9 Å². The summed E-state index contributed by atoms with van der Waals surface area (Å²) in [5.74, 6) is 0.269.